The van der Waals surface area contributed by atoms with E-state index in [9.17, 15) is 0 Å². The highest BCUT2D eigenvalue weighted by atomic mass is 16.5. The zero-order chi connectivity index (χ0) is 7.66. The predicted molar refractivity (Wildman–Crippen MR) is 42.0 cm³/mol. The van der Waals surface area contributed by atoms with E-state index in [0.29, 0.717) is 0 Å². The largest absolute Gasteiger partial charge is 0.221 e. The van der Waals surface area contributed by atoms with Gasteiger partial charge < -0.3 is 0 Å². The summed E-state index contributed by atoms with van der Waals surface area (Å²) in [5.74, 6) is 0. The van der Waals surface area contributed by atoms with Crippen LogP contribution in [0.5, 0.6) is 0 Å². The molecule has 0 aromatic carbocycles. The van der Waals surface area contributed by atoms with Crippen LogP contribution in [0.4, 0.5) is 0 Å². The van der Waals surface area contributed by atoms with E-state index in [1.165, 1.54) is 37.6 Å². The first kappa shape index (κ1) is 9.92. The summed E-state index contributed by atoms with van der Waals surface area (Å²) in [7, 11) is 0. The Bertz CT molecular complexity index is 49.2. The van der Waals surface area contributed by atoms with Gasteiger partial charge in [0.2, 0.25) is 0 Å². The number of rotatable bonds is 7. The number of hydrogen-bond donors (Lipinski definition) is 2. The molecule has 0 aromatic rings. The molecule has 0 aliphatic carbocycles. The van der Waals surface area contributed by atoms with Gasteiger partial charge in [-0.1, -0.05) is 32.6 Å². The fourth-order valence-electron chi connectivity index (χ4n) is 1.02. The quantitative estimate of drug-likeness (QED) is 0.412. The van der Waals surface area contributed by atoms with E-state index in [1.807, 2.05) is 0 Å². The fraction of sp³-hybridized carbons (Fsp3) is 1.00. The first-order valence-corrected chi connectivity index (χ1v) is 4.37. The summed E-state index contributed by atoms with van der Waals surface area (Å²) in [4.78, 5) is 0. The van der Waals surface area contributed by atoms with Gasteiger partial charge in [0.1, 0.15) is 6.54 Å². The van der Waals surface area contributed by atoms with Gasteiger partial charge in [0.25, 0.3) is 0 Å². The van der Waals surface area contributed by atoms with Crippen molar-refractivity contribution in [3.8, 4) is 0 Å². The highest BCUT2D eigenvalue weighted by Gasteiger charge is 1.89. The van der Waals surface area contributed by atoms with Gasteiger partial charge >= 0.3 is 0 Å². The lowest BCUT2D eigenvalue weighted by Gasteiger charge is -1.96. The molecule has 0 atom stereocenters. The summed E-state index contributed by atoms with van der Waals surface area (Å²) in [6.07, 6.45) is 7.80. The normalized spacial score (nSPS) is 10.2. The summed E-state index contributed by atoms with van der Waals surface area (Å²) >= 11 is 0. The van der Waals surface area contributed by atoms with Crippen LogP contribution >= 0.6 is 0 Å². The van der Waals surface area contributed by atoms with E-state index in [4.69, 9.17) is 5.21 Å². The van der Waals surface area contributed by atoms with Crippen molar-refractivity contribution < 1.29 is 10.7 Å². The van der Waals surface area contributed by atoms with Gasteiger partial charge in [0.05, 0.1) is 0 Å². The number of nitrogens with two attached hydrogens (primary N) is 1. The van der Waals surface area contributed by atoms with Crippen LogP contribution < -0.4 is 5.48 Å². The van der Waals surface area contributed by atoms with Gasteiger partial charge in [-0.2, -0.15) is 0 Å². The van der Waals surface area contributed by atoms with Crippen LogP contribution in [0.2, 0.25) is 0 Å². The molecule has 0 saturated heterocycles. The number of hydrogen-bond acceptors (Lipinski definition) is 1. The minimum absolute atomic E-state index is 0.867. The Labute approximate surface area is 63.6 Å². The molecule has 0 rings (SSSR count). The maximum absolute atomic E-state index is 8.34. The Morgan fingerprint density at radius 2 is 1.60 bits per heavy atom. The molecule has 0 fully saturated rings. The van der Waals surface area contributed by atoms with Crippen LogP contribution in [0.15, 0.2) is 0 Å². The van der Waals surface area contributed by atoms with Crippen LogP contribution in [-0.2, 0) is 0 Å². The second-order valence-electron chi connectivity index (χ2n) is 2.74. The van der Waals surface area contributed by atoms with Crippen LogP contribution in [-0.4, -0.2) is 11.8 Å². The van der Waals surface area contributed by atoms with Crippen molar-refractivity contribution in [3.05, 3.63) is 0 Å². The third-order valence-corrected chi connectivity index (χ3v) is 1.69. The van der Waals surface area contributed by atoms with Crippen molar-refractivity contribution in [2.24, 2.45) is 0 Å². The molecule has 0 heterocycles. The molecule has 3 N–H and O–H groups in total. The van der Waals surface area contributed by atoms with Crippen molar-refractivity contribution in [1.29, 1.82) is 0 Å². The van der Waals surface area contributed by atoms with Crippen molar-refractivity contribution in [1.82, 2.24) is 0 Å². The van der Waals surface area contributed by atoms with Gasteiger partial charge in [-0.3, -0.25) is 0 Å². The summed E-state index contributed by atoms with van der Waals surface area (Å²) in [5.41, 5.74) is 1.26. The summed E-state index contributed by atoms with van der Waals surface area (Å²) < 4.78 is 0. The molecule has 0 radical (unpaired) electrons. The predicted octanol–water partition coefficient (Wildman–Crippen LogP) is 1.30. The van der Waals surface area contributed by atoms with E-state index in [-0.39, 0.29) is 0 Å². The standard InChI is InChI=1S/C8H19NO/c1-2-3-4-5-6-7-8-9-10/h9-10H,2-8H2,1H3/p+1. The molecule has 62 valence electrons. The Balaban J connectivity index is 2.65. The Hall–Kier alpha value is -0.0800. The van der Waals surface area contributed by atoms with E-state index in [1.54, 1.807) is 0 Å². The summed E-state index contributed by atoms with van der Waals surface area (Å²) in [6, 6.07) is 0. The number of hydroxylamine groups is 1. The topological polar surface area (TPSA) is 36.8 Å². The summed E-state index contributed by atoms with van der Waals surface area (Å²) in [5, 5.41) is 8.34. The van der Waals surface area contributed by atoms with E-state index < -0.39 is 0 Å². The van der Waals surface area contributed by atoms with Gasteiger partial charge in [0, 0.05) is 0 Å². The SMILES string of the molecule is CCCCCCCC[NH2+]O. The second kappa shape index (κ2) is 8.92. The highest BCUT2D eigenvalue weighted by molar-refractivity contribution is 4.41. The Kier molecular flexibility index (Phi) is 8.85. The molecule has 0 saturated carbocycles. The molecule has 0 spiro atoms. The molecule has 0 aromatic heterocycles. The van der Waals surface area contributed by atoms with Crippen LogP contribution in [0.3, 0.4) is 0 Å². The molecular formula is C8H20NO+. The van der Waals surface area contributed by atoms with Crippen molar-refractivity contribution >= 4 is 0 Å². The Morgan fingerprint density at radius 1 is 1.00 bits per heavy atom. The minimum Gasteiger partial charge on any atom is -0.221 e. The zero-order valence-corrected chi connectivity index (χ0v) is 6.97. The van der Waals surface area contributed by atoms with Crippen molar-refractivity contribution in [2.75, 3.05) is 6.54 Å². The summed E-state index contributed by atoms with van der Waals surface area (Å²) in [6.45, 7) is 3.09. The molecule has 2 heteroatoms. The zero-order valence-electron chi connectivity index (χ0n) is 6.97. The first-order valence-electron chi connectivity index (χ1n) is 4.37. The lowest BCUT2D eigenvalue weighted by molar-refractivity contribution is -0.886. The Morgan fingerprint density at radius 3 is 2.20 bits per heavy atom. The maximum atomic E-state index is 8.34. The van der Waals surface area contributed by atoms with Gasteiger partial charge in [-0.25, -0.2) is 10.7 Å². The third-order valence-electron chi connectivity index (χ3n) is 1.69. The average Bonchev–Trinajstić information content (AvgIpc) is 1.97. The molecule has 10 heavy (non-hydrogen) atoms. The van der Waals surface area contributed by atoms with E-state index >= 15 is 0 Å². The van der Waals surface area contributed by atoms with E-state index in [2.05, 4.69) is 6.92 Å². The van der Waals surface area contributed by atoms with Gasteiger partial charge in [-0.15, -0.1) is 0 Å². The highest BCUT2D eigenvalue weighted by Crippen LogP contribution is 2.03. The van der Waals surface area contributed by atoms with Crippen molar-refractivity contribution in [2.45, 2.75) is 45.4 Å². The molecule has 0 unspecified atom stereocenters. The molecular weight excluding hydrogens is 126 g/mol. The van der Waals surface area contributed by atoms with Gasteiger partial charge in [-0.05, 0) is 12.8 Å². The average molecular weight is 146 g/mol. The van der Waals surface area contributed by atoms with Crippen LogP contribution in [0, 0.1) is 0 Å². The van der Waals surface area contributed by atoms with E-state index in [0.717, 1.165) is 13.0 Å². The number of quaternary nitrogens is 1. The minimum atomic E-state index is 0.867. The van der Waals surface area contributed by atoms with Crippen LogP contribution in [0.25, 0.3) is 0 Å². The molecule has 2 nitrogen and oxygen atoms in total. The first-order chi connectivity index (χ1) is 4.91. The third kappa shape index (κ3) is 7.92. The van der Waals surface area contributed by atoms with Crippen LogP contribution in [0.1, 0.15) is 45.4 Å². The molecule has 0 aliphatic heterocycles. The fourth-order valence-corrected chi connectivity index (χ4v) is 1.02. The van der Waals surface area contributed by atoms with Gasteiger partial charge in [0.15, 0.2) is 0 Å². The van der Waals surface area contributed by atoms with Crippen molar-refractivity contribution in [3.63, 3.8) is 0 Å². The smallest absolute Gasteiger partial charge is 0.105 e. The lowest BCUT2D eigenvalue weighted by Crippen LogP contribution is -2.80. The molecule has 0 bridgehead atoms. The maximum Gasteiger partial charge on any atom is 0.105 e. The molecule has 0 aliphatic rings. The lowest BCUT2D eigenvalue weighted by atomic mass is 10.1. The second-order valence-corrected chi connectivity index (χ2v) is 2.74. The molecule has 0 amide bonds. The number of unbranched alkanes of at least 4 members (excludes halogenated alkanes) is 5. The monoisotopic (exact) mass is 146 g/mol.